The molecule has 2 aromatic carbocycles. The highest BCUT2D eigenvalue weighted by atomic mass is 16.5. The molecule has 2 aromatic heterocycles. The molecular formula is C25H27N5O3. The summed E-state index contributed by atoms with van der Waals surface area (Å²) in [7, 11) is 0. The number of aliphatic carboxylic acids is 1. The van der Waals surface area contributed by atoms with Crippen molar-refractivity contribution in [2.75, 3.05) is 13.1 Å². The molecule has 0 spiro atoms. The molecule has 170 valence electrons. The van der Waals surface area contributed by atoms with Crippen LogP contribution in [0.4, 0.5) is 0 Å². The maximum absolute atomic E-state index is 11.1. The van der Waals surface area contributed by atoms with Crippen LogP contribution in [0, 0.1) is 13.8 Å². The van der Waals surface area contributed by atoms with Crippen LogP contribution in [0.1, 0.15) is 42.3 Å². The minimum absolute atomic E-state index is 0.0638. The fraction of sp³-hybridized carbons (Fsp3) is 0.360. The van der Waals surface area contributed by atoms with Crippen molar-refractivity contribution in [3.63, 3.8) is 0 Å². The smallest absolute Gasteiger partial charge is 0.317 e. The zero-order valence-corrected chi connectivity index (χ0v) is 19.3. The molecule has 0 atom stereocenters. The van der Waals surface area contributed by atoms with E-state index in [1.807, 2.05) is 28.6 Å². The summed E-state index contributed by atoms with van der Waals surface area (Å²) in [5.41, 5.74) is 7.41. The van der Waals surface area contributed by atoms with Gasteiger partial charge in [0.2, 0.25) is 5.82 Å². The van der Waals surface area contributed by atoms with E-state index < -0.39 is 5.97 Å². The van der Waals surface area contributed by atoms with Gasteiger partial charge in [0.1, 0.15) is 0 Å². The third-order valence-electron chi connectivity index (χ3n) is 6.42. The number of carboxylic acid groups (broad SMARTS) is 1. The summed E-state index contributed by atoms with van der Waals surface area (Å²) < 4.78 is 7.68. The van der Waals surface area contributed by atoms with Crippen molar-refractivity contribution in [1.82, 2.24) is 24.8 Å². The summed E-state index contributed by atoms with van der Waals surface area (Å²) in [5.74, 6) is 0.248. The molecule has 1 aliphatic rings. The molecule has 8 heteroatoms. The second-order valence-corrected chi connectivity index (χ2v) is 9.01. The normalized spacial score (nSPS) is 14.2. The van der Waals surface area contributed by atoms with Crippen molar-refractivity contribution >= 4 is 16.9 Å². The number of aryl methyl sites for hydroxylation is 1. The quantitative estimate of drug-likeness (QED) is 0.486. The monoisotopic (exact) mass is 445 g/mol. The molecular weight excluding hydrogens is 418 g/mol. The van der Waals surface area contributed by atoms with Gasteiger partial charge >= 0.3 is 5.97 Å². The zero-order chi connectivity index (χ0) is 23.3. The van der Waals surface area contributed by atoms with Crippen LogP contribution in [0.2, 0.25) is 0 Å². The van der Waals surface area contributed by atoms with Crippen molar-refractivity contribution in [1.29, 1.82) is 0 Å². The molecule has 0 aliphatic carbocycles. The number of fused-ring (bicyclic) bond motifs is 2. The van der Waals surface area contributed by atoms with Gasteiger partial charge in [-0.15, -0.1) is 0 Å². The largest absolute Gasteiger partial charge is 0.480 e. The highest BCUT2D eigenvalue weighted by molar-refractivity contribution is 5.86. The lowest BCUT2D eigenvalue weighted by molar-refractivity contribution is -0.138. The standard InChI is InChI=1S/C25H27N5O3/c1-14(2)30-22-8-6-17(11-21(22)16(4)27-30)25-26-24(28-33-25)20-7-5-18-12-29(13-23(31)32)10-9-19(18)15(20)3/h5-8,11,14H,9-10,12-13H2,1-4H3,(H,31,32). The molecule has 1 aliphatic heterocycles. The van der Waals surface area contributed by atoms with E-state index in [2.05, 4.69) is 49.2 Å². The van der Waals surface area contributed by atoms with E-state index in [4.69, 9.17) is 14.6 Å². The van der Waals surface area contributed by atoms with Crippen LogP contribution >= 0.6 is 0 Å². The first-order valence-corrected chi connectivity index (χ1v) is 11.2. The summed E-state index contributed by atoms with van der Waals surface area (Å²) >= 11 is 0. The van der Waals surface area contributed by atoms with Crippen molar-refractivity contribution in [3.05, 3.63) is 52.7 Å². The van der Waals surface area contributed by atoms with Crippen LogP contribution in [0.25, 0.3) is 33.7 Å². The van der Waals surface area contributed by atoms with Gasteiger partial charge in [-0.1, -0.05) is 17.3 Å². The van der Waals surface area contributed by atoms with Crippen LogP contribution in [-0.4, -0.2) is 49.0 Å². The average Bonchev–Trinajstić information content (AvgIpc) is 3.38. The lowest BCUT2D eigenvalue weighted by Gasteiger charge is -2.28. The van der Waals surface area contributed by atoms with Gasteiger partial charge in [-0.05, 0) is 69.0 Å². The van der Waals surface area contributed by atoms with Crippen molar-refractivity contribution in [2.24, 2.45) is 0 Å². The first kappa shape index (κ1) is 21.3. The number of rotatable bonds is 5. The Morgan fingerprint density at radius 1 is 1.21 bits per heavy atom. The number of carboxylic acids is 1. The zero-order valence-electron chi connectivity index (χ0n) is 19.3. The molecule has 0 bridgehead atoms. The van der Waals surface area contributed by atoms with Crippen LogP contribution < -0.4 is 0 Å². The van der Waals surface area contributed by atoms with Gasteiger partial charge in [0.05, 0.1) is 17.8 Å². The first-order chi connectivity index (χ1) is 15.8. The van der Waals surface area contributed by atoms with Gasteiger partial charge < -0.3 is 9.63 Å². The number of aromatic nitrogens is 4. The molecule has 0 fully saturated rings. The first-order valence-electron chi connectivity index (χ1n) is 11.2. The summed E-state index contributed by atoms with van der Waals surface area (Å²) in [5, 5.41) is 19.1. The van der Waals surface area contributed by atoms with Gasteiger partial charge in [0, 0.05) is 35.6 Å². The van der Waals surface area contributed by atoms with E-state index in [0.717, 1.165) is 51.8 Å². The fourth-order valence-electron chi connectivity index (χ4n) is 4.74. The van der Waals surface area contributed by atoms with Crippen LogP contribution in [-0.2, 0) is 17.8 Å². The predicted molar refractivity (Wildman–Crippen MR) is 125 cm³/mol. The second-order valence-electron chi connectivity index (χ2n) is 9.01. The minimum Gasteiger partial charge on any atom is -0.480 e. The number of hydrogen-bond donors (Lipinski definition) is 1. The maximum Gasteiger partial charge on any atom is 0.317 e. The molecule has 0 unspecified atom stereocenters. The number of nitrogens with zero attached hydrogens (tertiary/aromatic N) is 5. The van der Waals surface area contributed by atoms with Gasteiger partial charge in [-0.2, -0.15) is 10.1 Å². The number of benzene rings is 2. The molecule has 0 radical (unpaired) electrons. The Balaban J connectivity index is 1.46. The summed E-state index contributed by atoms with van der Waals surface area (Å²) in [6, 6.07) is 10.5. The number of carbonyl (C=O) groups is 1. The molecule has 1 N–H and O–H groups in total. The molecule has 4 aromatic rings. The molecule has 8 nitrogen and oxygen atoms in total. The van der Waals surface area contributed by atoms with E-state index in [1.54, 1.807) is 0 Å². The Morgan fingerprint density at radius 2 is 2.03 bits per heavy atom. The third kappa shape index (κ3) is 3.80. The Bertz CT molecular complexity index is 1370. The lowest BCUT2D eigenvalue weighted by atomic mass is 9.91. The molecule has 0 saturated heterocycles. The predicted octanol–water partition coefficient (Wildman–Crippen LogP) is 4.39. The minimum atomic E-state index is -0.795. The van der Waals surface area contributed by atoms with E-state index in [9.17, 15) is 4.79 Å². The maximum atomic E-state index is 11.1. The molecule has 0 saturated carbocycles. The topological polar surface area (TPSA) is 97.3 Å². The number of hydrogen-bond acceptors (Lipinski definition) is 6. The van der Waals surface area contributed by atoms with E-state index >= 15 is 0 Å². The second kappa shape index (κ2) is 8.12. The SMILES string of the molecule is Cc1c(-c2noc(-c3ccc4c(c3)c(C)nn4C(C)C)n2)ccc2c1CCN(CC(=O)O)C2. The van der Waals surface area contributed by atoms with Gasteiger partial charge in [0.15, 0.2) is 0 Å². The van der Waals surface area contributed by atoms with Gasteiger partial charge in [-0.3, -0.25) is 14.4 Å². The van der Waals surface area contributed by atoms with E-state index in [-0.39, 0.29) is 12.6 Å². The highest BCUT2D eigenvalue weighted by Gasteiger charge is 2.23. The van der Waals surface area contributed by atoms with Crippen molar-refractivity contribution in [2.45, 2.75) is 46.7 Å². The Labute approximate surface area is 191 Å². The van der Waals surface area contributed by atoms with Gasteiger partial charge in [0.25, 0.3) is 5.89 Å². The summed E-state index contributed by atoms with van der Waals surface area (Å²) in [6.07, 6.45) is 0.808. The van der Waals surface area contributed by atoms with Crippen molar-refractivity contribution in [3.8, 4) is 22.8 Å². The van der Waals surface area contributed by atoms with Gasteiger partial charge in [-0.25, -0.2) is 0 Å². The Hall–Kier alpha value is -3.52. The Morgan fingerprint density at radius 3 is 2.79 bits per heavy atom. The van der Waals surface area contributed by atoms with E-state index in [1.165, 1.54) is 5.56 Å². The van der Waals surface area contributed by atoms with E-state index in [0.29, 0.717) is 18.3 Å². The van der Waals surface area contributed by atoms with Crippen LogP contribution in [0.5, 0.6) is 0 Å². The fourth-order valence-corrected chi connectivity index (χ4v) is 4.74. The summed E-state index contributed by atoms with van der Waals surface area (Å²) in [6.45, 7) is 9.76. The molecule has 5 rings (SSSR count). The third-order valence-corrected chi connectivity index (χ3v) is 6.42. The lowest BCUT2D eigenvalue weighted by Crippen LogP contribution is -2.35. The average molecular weight is 446 g/mol. The molecule has 3 heterocycles. The van der Waals surface area contributed by atoms with Crippen LogP contribution in [0.3, 0.4) is 0 Å². The van der Waals surface area contributed by atoms with Crippen molar-refractivity contribution < 1.29 is 14.4 Å². The molecule has 0 amide bonds. The van der Waals surface area contributed by atoms with Crippen LogP contribution in [0.15, 0.2) is 34.9 Å². The summed E-state index contributed by atoms with van der Waals surface area (Å²) in [4.78, 5) is 17.7. The highest BCUT2D eigenvalue weighted by Crippen LogP contribution is 2.32. The Kier molecular flexibility index (Phi) is 5.25. The molecule has 33 heavy (non-hydrogen) atoms.